The van der Waals surface area contributed by atoms with Crippen molar-refractivity contribution in [3.05, 3.63) is 23.8 Å². The standard InChI is InChI=1S/C19H26N2O4/c1-24-16-7-4-14(12-17(16)25-2)13-18(22)20-8-3-9-21(11-10-20)19(23)15-5-6-15/h4,7,12,15H,3,5-6,8-11,13H2,1-2H3. The van der Waals surface area contributed by atoms with Crippen LogP contribution in [0.1, 0.15) is 24.8 Å². The van der Waals surface area contributed by atoms with Crippen LogP contribution in [0.25, 0.3) is 0 Å². The highest BCUT2D eigenvalue weighted by molar-refractivity contribution is 5.81. The summed E-state index contributed by atoms with van der Waals surface area (Å²) in [5.74, 6) is 1.89. The molecule has 3 rings (SSSR count). The molecule has 0 N–H and O–H groups in total. The maximum absolute atomic E-state index is 12.6. The molecule has 0 radical (unpaired) electrons. The first-order valence-corrected chi connectivity index (χ1v) is 8.90. The van der Waals surface area contributed by atoms with Crippen LogP contribution < -0.4 is 9.47 Å². The molecule has 0 unspecified atom stereocenters. The number of hydrogen-bond donors (Lipinski definition) is 0. The largest absolute Gasteiger partial charge is 0.493 e. The van der Waals surface area contributed by atoms with E-state index in [-0.39, 0.29) is 17.7 Å². The minimum absolute atomic E-state index is 0.0907. The lowest BCUT2D eigenvalue weighted by molar-refractivity contribution is -0.134. The van der Waals surface area contributed by atoms with E-state index in [9.17, 15) is 9.59 Å². The molecule has 25 heavy (non-hydrogen) atoms. The molecule has 6 heteroatoms. The second kappa shape index (κ2) is 7.76. The van der Waals surface area contributed by atoms with Crippen LogP contribution >= 0.6 is 0 Å². The molecule has 2 fully saturated rings. The minimum atomic E-state index is 0.0907. The second-order valence-corrected chi connectivity index (χ2v) is 6.70. The first kappa shape index (κ1) is 17.6. The highest BCUT2D eigenvalue weighted by Crippen LogP contribution is 2.31. The Morgan fingerprint density at radius 1 is 1.00 bits per heavy atom. The molecule has 1 aliphatic heterocycles. The number of ether oxygens (including phenoxy) is 2. The van der Waals surface area contributed by atoms with Gasteiger partial charge in [0.15, 0.2) is 11.5 Å². The van der Waals surface area contributed by atoms with Gasteiger partial charge in [-0.05, 0) is 37.0 Å². The third-order valence-corrected chi connectivity index (χ3v) is 4.89. The molecule has 1 aliphatic carbocycles. The lowest BCUT2D eigenvalue weighted by Crippen LogP contribution is -2.38. The number of methoxy groups -OCH3 is 2. The van der Waals surface area contributed by atoms with Crippen molar-refractivity contribution in [2.45, 2.75) is 25.7 Å². The smallest absolute Gasteiger partial charge is 0.227 e. The van der Waals surface area contributed by atoms with Crippen LogP contribution in [-0.2, 0) is 16.0 Å². The summed E-state index contributed by atoms with van der Waals surface area (Å²) in [6, 6.07) is 5.55. The van der Waals surface area contributed by atoms with Gasteiger partial charge in [0.25, 0.3) is 0 Å². The van der Waals surface area contributed by atoms with Crippen LogP contribution in [0.2, 0.25) is 0 Å². The van der Waals surface area contributed by atoms with Crippen molar-refractivity contribution in [3.63, 3.8) is 0 Å². The Morgan fingerprint density at radius 3 is 2.36 bits per heavy atom. The van der Waals surface area contributed by atoms with E-state index in [0.717, 1.165) is 31.4 Å². The van der Waals surface area contributed by atoms with Crippen molar-refractivity contribution >= 4 is 11.8 Å². The van der Waals surface area contributed by atoms with Gasteiger partial charge in [0, 0.05) is 32.1 Å². The summed E-state index contributed by atoms with van der Waals surface area (Å²) < 4.78 is 10.5. The molecule has 1 saturated carbocycles. The molecule has 0 spiro atoms. The van der Waals surface area contributed by atoms with Gasteiger partial charge in [-0.3, -0.25) is 9.59 Å². The quantitative estimate of drug-likeness (QED) is 0.814. The van der Waals surface area contributed by atoms with Crippen LogP contribution in [0.5, 0.6) is 11.5 Å². The fourth-order valence-electron chi connectivity index (χ4n) is 3.25. The third kappa shape index (κ3) is 4.24. The van der Waals surface area contributed by atoms with Gasteiger partial charge in [0.2, 0.25) is 11.8 Å². The number of nitrogens with zero attached hydrogens (tertiary/aromatic N) is 2. The molecule has 136 valence electrons. The Hall–Kier alpha value is -2.24. The molecule has 2 aliphatic rings. The molecule has 1 heterocycles. The molecular weight excluding hydrogens is 320 g/mol. The van der Waals surface area contributed by atoms with Crippen molar-refractivity contribution in [3.8, 4) is 11.5 Å². The summed E-state index contributed by atoms with van der Waals surface area (Å²) in [4.78, 5) is 28.7. The van der Waals surface area contributed by atoms with E-state index in [1.165, 1.54) is 0 Å². The molecular formula is C19H26N2O4. The Kier molecular flexibility index (Phi) is 5.46. The Bertz CT molecular complexity index is 642. The van der Waals surface area contributed by atoms with Crippen LogP contribution in [0.4, 0.5) is 0 Å². The highest BCUT2D eigenvalue weighted by atomic mass is 16.5. The molecule has 6 nitrogen and oxygen atoms in total. The molecule has 1 aromatic rings. The number of benzene rings is 1. The van der Waals surface area contributed by atoms with Crippen molar-refractivity contribution < 1.29 is 19.1 Å². The van der Waals surface area contributed by atoms with E-state index in [4.69, 9.17) is 9.47 Å². The van der Waals surface area contributed by atoms with Crippen LogP contribution in [0.15, 0.2) is 18.2 Å². The lowest BCUT2D eigenvalue weighted by Gasteiger charge is -2.22. The summed E-state index contributed by atoms with van der Waals surface area (Å²) in [7, 11) is 3.18. The van der Waals surface area contributed by atoms with Gasteiger partial charge in [0.05, 0.1) is 20.6 Å². The van der Waals surface area contributed by atoms with Gasteiger partial charge in [-0.25, -0.2) is 0 Å². The normalized spacial score (nSPS) is 17.8. The van der Waals surface area contributed by atoms with E-state index >= 15 is 0 Å². The first-order chi connectivity index (χ1) is 12.1. The van der Waals surface area contributed by atoms with Gasteiger partial charge < -0.3 is 19.3 Å². The van der Waals surface area contributed by atoms with Crippen molar-refractivity contribution in [2.75, 3.05) is 40.4 Å². The third-order valence-electron chi connectivity index (χ3n) is 4.89. The van der Waals surface area contributed by atoms with Gasteiger partial charge in [-0.1, -0.05) is 6.07 Å². The summed E-state index contributed by atoms with van der Waals surface area (Å²) in [6.07, 6.45) is 3.22. The Balaban J connectivity index is 1.58. The number of amides is 2. The van der Waals surface area contributed by atoms with Gasteiger partial charge in [0.1, 0.15) is 0 Å². The SMILES string of the molecule is COc1ccc(CC(=O)N2CCCN(C(=O)C3CC3)CC2)cc1OC. The first-order valence-electron chi connectivity index (χ1n) is 8.90. The lowest BCUT2D eigenvalue weighted by atomic mass is 10.1. The van der Waals surface area contributed by atoms with Gasteiger partial charge in [-0.15, -0.1) is 0 Å². The highest BCUT2D eigenvalue weighted by Gasteiger charge is 2.34. The van der Waals surface area contributed by atoms with Crippen LogP contribution in [0.3, 0.4) is 0 Å². The maximum atomic E-state index is 12.6. The van der Waals surface area contributed by atoms with Gasteiger partial charge >= 0.3 is 0 Å². The topological polar surface area (TPSA) is 59.1 Å². The molecule has 0 atom stereocenters. The molecule has 2 amide bonds. The fourth-order valence-corrected chi connectivity index (χ4v) is 3.25. The van der Waals surface area contributed by atoms with Crippen molar-refractivity contribution in [1.82, 2.24) is 9.80 Å². The van der Waals surface area contributed by atoms with Crippen molar-refractivity contribution in [2.24, 2.45) is 5.92 Å². The van der Waals surface area contributed by atoms with Gasteiger partial charge in [-0.2, -0.15) is 0 Å². The fraction of sp³-hybridized carbons (Fsp3) is 0.579. The summed E-state index contributed by atoms with van der Waals surface area (Å²) >= 11 is 0. The van der Waals surface area contributed by atoms with Crippen LogP contribution in [-0.4, -0.2) is 62.0 Å². The van der Waals surface area contributed by atoms with Crippen LogP contribution in [0, 0.1) is 5.92 Å². The minimum Gasteiger partial charge on any atom is -0.493 e. The number of hydrogen-bond acceptors (Lipinski definition) is 4. The van der Waals surface area contributed by atoms with Crippen molar-refractivity contribution in [1.29, 1.82) is 0 Å². The number of carbonyl (C=O) groups excluding carboxylic acids is 2. The van der Waals surface area contributed by atoms with E-state index in [0.29, 0.717) is 37.6 Å². The number of rotatable bonds is 5. The monoisotopic (exact) mass is 346 g/mol. The Labute approximate surface area is 148 Å². The predicted molar refractivity (Wildman–Crippen MR) is 93.8 cm³/mol. The Morgan fingerprint density at radius 2 is 1.68 bits per heavy atom. The van der Waals surface area contributed by atoms with E-state index in [1.807, 2.05) is 28.0 Å². The zero-order chi connectivity index (χ0) is 17.8. The zero-order valence-electron chi connectivity index (χ0n) is 15.0. The number of carbonyl (C=O) groups is 2. The summed E-state index contributed by atoms with van der Waals surface area (Å²) in [5, 5.41) is 0. The zero-order valence-corrected chi connectivity index (χ0v) is 15.0. The predicted octanol–water partition coefficient (Wildman–Crippen LogP) is 1.72. The van der Waals surface area contributed by atoms with E-state index in [2.05, 4.69) is 0 Å². The summed E-state index contributed by atoms with van der Waals surface area (Å²) in [5.41, 5.74) is 0.901. The average molecular weight is 346 g/mol. The molecule has 0 bridgehead atoms. The summed E-state index contributed by atoms with van der Waals surface area (Å²) in [6.45, 7) is 2.73. The molecule has 1 aromatic carbocycles. The van der Waals surface area contributed by atoms with E-state index < -0.39 is 0 Å². The molecule has 1 saturated heterocycles. The maximum Gasteiger partial charge on any atom is 0.227 e. The second-order valence-electron chi connectivity index (χ2n) is 6.70. The molecule has 0 aromatic heterocycles. The average Bonchev–Trinajstić information content (AvgIpc) is 3.47. The van der Waals surface area contributed by atoms with E-state index in [1.54, 1.807) is 14.2 Å².